The molecule has 5 nitrogen and oxygen atoms in total. The van der Waals surface area contributed by atoms with Crippen LogP contribution in [0.1, 0.15) is 32.7 Å². The average Bonchev–Trinajstić information content (AvgIpc) is 2.92. The first-order chi connectivity index (χ1) is 9.78. The van der Waals surface area contributed by atoms with E-state index in [9.17, 15) is 4.39 Å². The predicted molar refractivity (Wildman–Crippen MR) is 83.5 cm³/mol. The van der Waals surface area contributed by atoms with Gasteiger partial charge < -0.3 is 15.4 Å². The average molecular weight is 298 g/mol. The van der Waals surface area contributed by atoms with Gasteiger partial charge in [-0.25, -0.2) is 9.37 Å². The molecule has 0 spiro atoms. The number of rotatable bonds is 7. The van der Waals surface area contributed by atoms with Gasteiger partial charge in [0.2, 0.25) is 0 Å². The molecule has 0 aromatic carbocycles. The van der Waals surface area contributed by atoms with Crippen LogP contribution in [0.3, 0.4) is 0 Å². The Balaban J connectivity index is 0.00000220. The molecule has 0 unspecified atom stereocenters. The Hall–Kier alpha value is -1.27. The maximum absolute atomic E-state index is 12.2. The van der Waals surface area contributed by atoms with Gasteiger partial charge in [0.25, 0.3) is 0 Å². The maximum Gasteiger partial charge on any atom is 0.148 e. The molecule has 1 aliphatic rings. The van der Waals surface area contributed by atoms with Crippen LogP contribution in [0, 0.1) is 0 Å². The summed E-state index contributed by atoms with van der Waals surface area (Å²) in [5.41, 5.74) is 1.93. The number of aromatic nitrogens is 2. The molecule has 0 radical (unpaired) electrons. The van der Waals surface area contributed by atoms with Gasteiger partial charge >= 0.3 is 0 Å². The first-order valence-corrected chi connectivity index (χ1v) is 7.28. The lowest BCUT2D eigenvalue weighted by Crippen LogP contribution is -2.35. The number of ether oxygens (including phenoxy) is 1. The second-order valence-corrected chi connectivity index (χ2v) is 4.87. The molecule has 1 aromatic rings. The van der Waals surface area contributed by atoms with Crippen LogP contribution < -0.4 is 10.6 Å². The molecule has 120 valence electrons. The van der Waals surface area contributed by atoms with E-state index in [1.807, 2.05) is 6.20 Å². The van der Waals surface area contributed by atoms with Crippen LogP contribution in [-0.4, -0.2) is 48.5 Å². The standard InChI is InChI=1S/C14H23FN4O.CH4/c1-3-10-7-17-11(4-2)14(18-10)19-12-8-16-9-13(12)20-6-5-15;/h7,12-13,16H,3-6,8-9H2,1-2H3,(H,18,19);1H4/t12-,13+;/m1./s1. The fourth-order valence-corrected chi connectivity index (χ4v) is 2.34. The summed E-state index contributed by atoms with van der Waals surface area (Å²) in [5.74, 6) is 0.828. The van der Waals surface area contributed by atoms with Crippen LogP contribution in [-0.2, 0) is 17.6 Å². The van der Waals surface area contributed by atoms with Gasteiger partial charge in [0, 0.05) is 19.3 Å². The second-order valence-electron chi connectivity index (χ2n) is 4.87. The molecule has 2 atom stereocenters. The smallest absolute Gasteiger partial charge is 0.148 e. The van der Waals surface area contributed by atoms with Crippen LogP contribution in [0.4, 0.5) is 10.2 Å². The summed E-state index contributed by atoms with van der Waals surface area (Å²) in [6, 6.07) is 0.105. The van der Waals surface area contributed by atoms with E-state index in [4.69, 9.17) is 4.74 Å². The van der Waals surface area contributed by atoms with Gasteiger partial charge in [0.05, 0.1) is 30.1 Å². The highest BCUT2D eigenvalue weighted by molar-refractivity contribution is 5.42. The first kappa shape index (κ1) is 17.8. The van der Waals surface area contributed by atoms with Gasteiger partial charge in [-0.1, -0.05) is 21.3 Å². The molecule has 0 bridgehead atoms. The molecular weight excluding hydrogens is 271 g/mol. The minimum Gasteiger partial charge on any atom is -0.372 e. The van der Waals surface area contributed by atoms with Crippen molar-refractivity contribution in [1.29, 1.82) is 0 Å². The molecule has 0 aliphatic carbocycles. The Kier molecular flexibility index (Phi) is 7.53. The Morgan fingerprint density at radius 2 is 2.19 bits per heavy atom. The van der Waals surface area contributed by atoms with Crippen LogP contribution in [0.15, 0.2) is 6.20 Å². The number of alkyl halides is 1. The molecule has 2 rings (SSSR count). The second kappa shape index (κ2) is 8.89. The minimum atomic E-state index is -0.450. The number of hydrogen-bond donors (Lipinski definition) is 2. The Morgan fingerprint density at radius 3 is 2.86 bits per heavy atom. The van der Waals surface area contributed by atoms with Gasteiger partial charge in [0.1, 0.15) is 12.5 Å². The molecule has 1 aliphatic heterocycles. The number of halogens is 1. The van der Waals surface area contributed by atoms with E-state index in [1.54, 1.807) is 0 Å². The van der Waals surface area contributed by atoms with Crippen LogP contribution in [0.2, 0.25) is 0 Å². The van der Waals surface area contributed by atoms with Gasteiger partial charge in [-0.15, -0.1) is 0 Å². The minimum absolute atomic E-state index is 0. The molecule has 1 fully saturated rings. The zero-order chi connectivity index (χ0) is 14.4. The van der Waals surface area contributed by atoms with E-state index < -0.39 is 6.67 Å². The molecule has 1 saturated heterocycles. The van der Waals surface area contributed by atoms with Crippen molar-refractivity contribution in [1.82, 2.24) is 15.3 Å². The third-order valence-electron chi connectivity index (χ3n) is 3.49. The molecule has 0 saturated carbocycles. The van der Waals surface area contributed by atoms with Crippen molar-refractivity contribution in [2.24, 2.45) is 0 Å². The summed E-state index contributed by atoms with van der Waals surface area (Å²) < 4.78 is 17.7. The monoisotopic (exact) mass is 298 g/mol. The predicted octanol–water partition coefficient (Wildman–Crippen LogP) is 1.98. The van der Waals surface area contributed by atoms with Crippen molar-refractivity contribution in [3.8, 4) is 0 Å². The fraction of sp³-hybridized carbons (Fsp3) is 0.733. The lowest BCUT2D eigenvalue weighted by atomic mass is 10.2. The number of hydrogen-bond acceptors (Lipinski definition) is 5. The summed E-state index contributed by atoms with van der Waals surface area (Å²) in [7, 11) is 0. The van der Waals surface area contributed by atoms with Gasteiger partial charge in [-0.2, -0.15) is 0 Å². The fourth-order valence-electron chi connectivity index (χ4n) is 2.34. The quantitative estimate of drug-likeness (QED) is 0.806. The maximum atomic E-state index is 12.2. The first-order valence-electron chi connectivity index (χ1n) is 7.28. The summed E-state index contributed by atoms with van der Waals surface area (Å²) in [4.78, 5) is 9.06. The Bertz CT molecular complexity index is 430. The zero-order valence-electron chi connectivity index (χ0n) is 12.2. The number of aryl methyl sites for hydroxylation is 2. The van der Waals surface area contributed by atoms with E-state index in [2.05, 4.69) is 34.4 Å². The normalized spacial score (nSPS) is 21.1. The van der Waals surface area contributed by atoms with Crippen molar-refractivity contribution in [2.75, 3.05) is 31.7 Å². The highest BCUT2D eigenvalue weighted by atomic mass is 19.1. The van der Waals surface area contributed by atoms with Gasteiger partial charge in [-0.3, -0.25) is 4.98 Å². The van der Waals surface area contributed by atoms with Crippen LogP contribution >= 0.6 is 0 Å². The SMILES string of the molecule is C.CCc1cnc(CC)c(N[C@@H]2CNC[C@@H]2OCCF)n1. The third-order valence-corrected chi connectivity index (χ3v) is 3.49. The molecule has 21 heavy (non-hydrogen) atoms. The van der Waals surface area contributed by atoms with Crippen molar-refractivity contribution in [2.45, 2.75) is 46.3 Å². The van der Waals surface area contributed by atoms with E-state index in [-0.39, 0.29) is 26.2 Å². The highest BCUT2D eigenvalue weighted by Crippen LogP contribution is 2.16. The van der Waals surface area contributed by atoms with Crippen LogP contribution in [0.25, 0.3) is 0 Å². The number of anilines is 1. The van der Waals surface area contributed by atoms with E-state index >= 15 is 0 Å². The lowest BCUT2D eigenvalue weighted by Gasteiger charge is -2.21. The zero-order valence-corrected chi connectivity index (χ0v) is 12.2. The Labute approximate surface area is 126 Å². The lowest BCUT2D eigenvalue weighted by molar-refractivity contribution is 0.0515. The largest absolute Gasteiger partial charge is 0.372 e. The van der Waals surface area contributed by atoms with Crippen molar-refractivity contribution in [3.63, 3.8) is 0 Å². The summed E-state index contributed by atoms with van der Waals surface area (Å²) in [5, 5.41) is 6.67. The van der Waals surface area contributed by atoms with Crippen LogP contribution in [0.5, 0.6) is 0 Å². The summed E-state index contributed by atoms with van der Waals surface area (Å²) in [6.07, 6.45) is 3.49. The molecule has 0 amide bonds. The van der Waals surface area contributed by atoms with E-state index in [0.29, 0.717) is 0 Å². The molecule has 6 heteroatoms. The van der Waals surface area contributed by atoms with Crippen molar-refractivity contribution >= 4 is 5.82 Å². The molecule has 2 heterocycles. The van der Waals surface area contributed by atoms with E-state index in [1.165, 1.54) is 0 Å². The summed E-state index contributed by atoms with van der Waals surface area (Å²) in [6.45, 7) is 5.34. The molecular formula is C15H27FN4O. The molecule has 2 N–H and O–H groups in total. The topological polar surface area (TPSA) is 59.1 Å². The van der Waals surface area contributed by atoms with E-state index in [0.717, 1.165) is 43.1 Å². The van der Waals surface area contributed by atoms with Crippen molar-refractivity contribution in [3.05, 3.63) is 17.6 Å². The number of nitrogens with one attached hydrogen (secondary N) is 2. The van der Waals surface area contributed by atoms with Crippen molar-refractivity contribution < 1.29 is 9.13 Å². The third kappa shape index (κ3) is 4.61. The summed E-state index contributed by atoms with van der Waals surface area (Å²) >= 11 is 0. The highest BCUT2D eigenvalue weighted by Gasteiger charge is 2.28. The van der Waals surface area contributed by atoms with Gasteiger partial charge in [-0.05, 0) is 12.8 Å². The molecule has 1 aromatic heterocycles. The van der Waals surface area contributed by atoms with Gasteiger partial charge in [0.15, 0.2) is 0 Å². The number of nitrogens with zero attached hydrogens (tertiary/aromatic N) is 2. The Morgan fingerprint density at radius 1 is 1.38 bits per heavy atom.